The lowest BCUT2D eigenvalue weighted by molar-refractivity contribution is 0.234. The van der Waals surface area contributed by atoms with Crippen LogP contribution in [0.1, 0.15) is 11.1 Å². The third-order valence-corrected chi connectivity index (χ3v) is 4.18. The molecule has 2 amide bonds. The van der Waals surface area contributed by atoms with Crippen molar-refractivity contribution in [2.45, 2.75) is 13.8 Å². The molecule has 2 aromatic carbocycles. The van der Waals surface area contributed by atoms with Crippen molar-refractivity contribution in [1.29, 1.82) is 0 Å². The molecule has 0 aromatic heterocycles. The molecule has 24 heavy (non-hydrogen) atoms. The van der Waals surface area contributed by atoms with Crippen molar-refractivity contribution in [3.63, 3.8) is 0 Å². The maximum absolute atomic E-state index is 11.9. The number of rotatable bonds is 5. The number of amides is 2. The Balaban J connectivity index is 1.86. The fraction of sp³-hybridized carbons (Fsp3) is 0.235. The number of halogens is 2. The zero-order valence-corrected chi connectivity index (χ0v) is 15.1. The molecular formula is C17H18Cl2N2O3. The van der Waals surface area contributed by atoms with Crippen molar-refractivity contribution in [3.05, 3.63) is 51.5 Å². The molecule has 0 fully saturated rings. The molecule has 0 aliphatic heterocycles. The summed E-state index contributed by atoms with van der Waals surface area (Å²) in [7, 11) is 1.53. The molecule has 2 aromatic rings. The van der Waals surface area contributed by atoms with Crippen molar-refractivity contribution in [3.8, 4) is 11.5 Å². The van der Waals surface area contributed by atoms with Crippen LogP contribution in [0.15, 0.2) is 30.3 Å². The lowest BCUT2D eigenvalue weighted by Crippen LogP contribution is -2.32. The number of carbonyl (C=O) groups is 1. The van der Waals surface area contributed by atoms with Crippen LogP contribution >= 0.6 is 23.2 Å². The van der Waals surface area contributed by atoms with E-state index in [4.69, 9.17) is 32.7 Å². The minimum absolute atomic E-state index is 0.0240. The number of carbonyl (C=O) groups excluding carboxylic acids is 1. The predicted octanol–water partition coefficient (Wildman–Crippen LogP) is 4.78. The van der Waals surface area contributed by atoms with Crippen LogP contribution in [0.25, 0.3) is 0 Å². The first-order chi connectivity index (χ1) is 11.4. The maximum atomic E-state index is 11.9. The number of aryl methyl sites for hydroxylation is 2. The van der Waals surface area contributed by atoms with E-state index in [1.165, 1.54) is 7.11 Å². The number of ether oxygens (including phenoxy) is 2. The summed E-state index contributed by atoms with van der Waals surface area (Å²) in [4.78, 5) is 11.9. The molecule has 0 saturated heterocycles. The Bertz CT molecular complexity index is 728. The van der Waals surface area contributed by atoms with Gasteiger partial charge in [0.1, 0.15) is 11.5 Å². The molecule has 5 nitrogen and oxygen atoms in total. The van der Waals surface area contributed by atoms with Crippen LogP contribution in [0, 0.1) is 13.8 Å². The molecule has 0 bridgehead atoms. The van der Waals surface area contributed by atoms with Gasteiger partial charge < -0.3 is 20.1 Å². The SMILES string of the molecule is COc1ccc(NC(=O)NCOc2cc(C)c(Cl)c(C)c2)cc1Cl. The van der Waals surface area contributed by atoms with E-state index in [9.17, 15) is 4.79 Å². The first-order valence-corrected chi connectivity index (χ1v) is 7.94. The lowest BCUT2D eigenvalue weighted by atomic mass is 10.1. The van der Waals surface area contributed by atoms with Crippen molar-refractivity contribution in [2.24, 2.45) is 0 Å². The highest BCUT2D eigenvalue weighted by atomic mass is 35.5. The summed E-state index contributed by atoms with van der Waals surface area (Å²) in [6, 6.07) is 8.20. The van der Waals surface area contributed by atoms with Gasteiger partial charge in [0.25, 0.3) is 0 Å². The van der Waals surface area contributed by atoms with Crippen LogP contribution in [0.2, 0.25) is 10.0 Å². The standard InChI is InChI=1S/C17H18Cl2N2O3/c1-10-6-13(7-11(2)16(10)19)24-9-20-17(22)21-12-4-5-15(23-3)14(18)8-12/h4-8H,9H2,1-3H3,(H2,20,21,22). The van der Waals surface area contributed by atoms with Gasteiger partial charge in [0.2, 0.25) is 0 Å². The van der Waals surface area contributed by atoms with Crippen molar-refractivity contribution in [1.82, 2.24) is 5.32 Å². The molecule has 7 heteroatoms. The molecule has 0 aliphatic rings. The Hall–Kier alpha value is -2.11. The van der Waals surface area contributed by atoms with Gasteiger partial charge in [-0.2, -0.15) is 0 Å². The summed E-state index contributed by atoms with van der Waals surface area (Å²) in [5.74, 6) is 1.18. The average Bonchev–Trinajstić information content (AvgIpc) is 2.52. The summed E-state index contributed by atoms with van der Waals surface area (Å²) >= 11 is 12.1. The van der Waals surface area contributed by atoms with E-state index in [2.05, 4.69) is 10.6 Å². The third kappa shape index (κ3) is 4.69. The monoisotopic (exact) mass is 368 g/mol. The van der Waals surface area contributed by atoms with Crippen molar-refractivity contribution < 1.29 is 14.3 Å². The molecule has 2 N–H and O–H groups in total. The van der Waals surface area contributed by atoms with Crippen LogP contribution in [0.4, 0.5) is 10.5 Å². The Morgan fingerprint density at radius 2 is 1.79 bits per heavy atom. The molecule has 2 rings (SSSR count). The molecular weight excluding hydrogens is 351 g/mol. The predicted molar refractivity (Wildman–Crippen MR) is 96.6 cm³/mol. The molecule has 0 unspecified atom stereocenters. The smallest absolute Gasteiger partial charge is 0.321 e. The minimum Gasteiger partial charge on any atom is -0.495 e. The van der Waals surface area contributed by atoms with E-state index in [-0.39, 0.29) is 6.73 Å². The van der Waals surface area contributed by atoms with E-state index >= 15 is 0 Å². The maximum Gasteiger partial charge on any atom is 0.321 e. The summed E-state index contributed by atoms with van der Waals surface area (Å²) in [6.45, 7) is 3.82. The number of methoxy groups -OCH3 is 1. The van der Waals surface area contributed by atoms with Gasteiger partial charge in [-0.1, -0.05) is 23.2 Å². The highest BCUT2D eigenvalue weighted by Crippen LogP contribution is 2.27. The quantitative estimate of drug-likeness (QED) is 0.746. The second-order valence-corrected chi connectivity index (χ2v) is 5.93. The number of benzene rings is 2. The summed E-state index contributed by atoms with van der Waals surface area (Å²) in [6.07, 6.45) is 0. The number of anilines is 1. The zero-order valence-electron chi connectivity index (χ0n) is 13.6. The molecule has 0 saturated carbocycles. The molecule has 0 radical (unpaired) electrons. The molecule has 0 atom stereocenters. The number of urea groups is 1. The van der Waals surface area contributed by atoms with E-state index in [1.54, 1.807) is 18.2 Å². The Kier molecular flexibility index (Phi) is 6.17. The van der Waals surface area contributed by atoms with Crippen LogP contribution < -0.4 is 20.1 Å². The van der Waals surface area contributed by atoms with Crippen LogP contribution in [0.3, 0.4) is 0 Å². The third-order valence-electron chi connectivity index (χ3n) is 3.29. The van der Waals surface area contributed by atoms with E-state index in [0.717, 1.165) is 11.1 Å². The van der Waals surface area contributed by atoms with Crippen LogP contribution in [-0.2, 0) is 0 Å². The van der Waals surface area contributed by atoms with Crippen LogP contribution in [0.5, 0.6) is 11.5 Å². The normalized spacial score (nSPS) is 10.2. The number of hydrogen-bond acceptors (Lipinski definition) is 3. The van der Waals surface area contributed by atoms with Crippen LogP contribution in [-0.4, -0.2) is 19.9 Å². The molecule has 0 heterocycles. The van der Waals surface area contributed by atoms with Gasteiger partial charge in [0.05, 0.1) is 12.1 Å². The first-order valence-electron chi connectivity index (χ1n) is 7.18. The summed E-state index contributed by atoms with van der Waals surface area (Å²) < 4.78 is 10.6. The minimum atomic E-state index is -0.404. The first kappa shape index (κ1) is 18.2. The van der Waals surface area contributed by atoms with Gasteiger partial charge in [0.15, 0.2) is 6.73 Å². The summed E-state index contributed by atoms with van der Waals surface area (Å²) in [5, 5.41) is 6.39. The van der Waals surface area contributed by atoms with E-state index in [1.807, 2.05) is 26.0 Å². The van der Waals surface area contributed by atoms with Gasteiger partial charge in [0, 0.05) is 10.7 Å². The molecule has 0 spiro atoms. The van der Waals surface area contributed by atoms with Crippen molar-refractivity contribution in [2.75, 3.05) is 19.2 Å². The average molecular weight is 369 g/mol. The topological polar surface area (TPSA) is 59.6 Å². The Morgan fingerprint density at radius 1 is 1.12 bits per heavy atom. The highest BCUT2D eigenvalue weighted by Gasteiger charge is 2.07. The second kappa shape index (κ2) is 8.13. The van der Waals surface area contributed by atoms with Gasteiger partial charge in [-0.15, -0.1) is 0 Å². The van der Waals surface area contributed by atoms with Crippen molar-refractivity contribution >= 4 is 34.9 Å². The fourth-order valence-corrected chi connectivity index (χ4v) is 2.46. The van der Waals surface area contributed by atoms with E-state index in [0.29, 0.717) is 27.2 Å². The molecule has 0 aliphatic carbocycles. The largest absolute Gasteiger partial charge is 0.495 e. The number of hydrogen-bond donors (Lipinski definition) is 2. The van der Waals surface area contributed by atoms with Gasteiger partial charge in [-0.05, 0) is 55.3 Å². The Labute approximate surface area is 150 Å². The highest BCUT2D eigenvalue weighted by molar-refractivity contribution is 6.32. The van der Waals surface area contributed by atoms with E-state index < -0.39 is 6.03 Å². The van der Waals surface area contributed by atoms with Gasteiger partial charge in [-0.25, -0.2) is 4.79 Å². The summed E-state index contributed by atoms with van der Waals surface area (Å²) in [5.41, 5.74) is 2.39. The zero-order chi connectivity index (χ0) is 17.7. The fourth-order valence-electron chi connectivity index (χ4n) is 2.09. The molecule has 128 valence electrons. The Morgan fingerprint density at radius 3 is 2.38 bits per heavy atom. The lowest BCUT2D eigenvalue weighted by Gasteiger charge is -2.12. The van der Waals surface area contributed by atoms with Gasteiger partial charge in [-0.3, -0.25) is 0 Å². The second-order valence-electron chi connectivity index (χ2n) is 5.14. The van der Waals surface area contributed by atoms with Gasteiger partial charge >= 0.3 is 6.03 Å². The number of nitrogens with one attached hydrogen (secondary N) is 2.